The molecule has 2 heterocycles. The predicted octanol–water partition coefficient (Wildman–Crippen LogP) is 1.27. The van der Waals surface area contributed by atoms with Crippen LogP contribution < -0.4 is 32.3 Å². The first-order chi connectivity index (χ1) is 28.3. The summed E-state index contributed by atoms with van der Waals surface area (Å²) in [5.74, 6) is -4.25. The van der Waals surface area contributed by atoms with E-state index in [0.717, 1.165) is 18.4 Å². The van der Waals surface area contributed by atoms with Gasteiger partial charge in [0, 0.05) is 31.3 Å². The number of amides is 5. The number of rotatable bonds is 23. The molecule has 0 bridgehead atoms. The number of benzene rings is 2. The zero-order valence-corrected chi connectivity index (χ0v) is 34.0. The number of unbranched alkanes of at least 4 members (excludes halogenated alkanes) is 1. The highest BCUT2D eigenvalue weighted by Gasteiger charge is 2.40. The third-order valence-corrected chi connectivity index (χ3v) is 10.6. The van der Waals surface area contributed by atoms with Gasteiger partial charge in [0.1, 0.15) is 29.9 Å². The molecule has 0 aliphatic carbocycles. The van der Waals surface area contributed by atoms with Crippen molar-refractivity contribution >= 4 is 35.5 Å². The molecule has 17 heteroatoms. The number of hydrogen-bond donors (Lipinski definition) is 9. The number of nitrogens with one attached hydrogen (secondary N) is 6. The Hall–Kier alpha value is -5.81. The second kappa shape index (κ2) is 23.0. The lowest BCUT2D eigenvalue weighted by Crippen LogP contribution is -2.60. The number of carboxylic acid groups (broad SMARTS) is 1. The molecule has 1 saturated heterocycles. The molecular formula is C42H59N9O8. The van der Waals surface area contributed by atoms with E-state index in [1.165, 1.54) is 29.6 Å². The number of nitrogens with two attached hydrogens (primary N) is 1. The van der Waals surface area contributed by atoms with Crippen LogP contribution in [0.25, 0.3) is 0 Å². The second-order valence-electron chi connectivity index (χ2n) is 15.1. The van der Waals surface area contributed by atoms with Gasteiger partial charge in [0.25, 0.3) is 0 Å². The van der Waals surface area contributed by atoms with E-state index in [-0.39, 0.29) is 44.1 Å². The number of carbonyl (C=O) groups excluding carboxylic acids is 5. The van der Waals surface area contributed by atoms with Crippen LogP contribution >= 0.6 is 0 Å². The van der Waals surface area contributed by atoms with Crippen molar-refractivity contribution in [3.63, 3.8) is 0 Å². The summed E-state index contributed by atoms with van der Waals surface area (Å²) in [6, 6.07) is 9.09. The molecule has 17 nitrogen and oxygen atoms in total. The van der Waals surface area contributed by atoms with Crippen LogP contribution in [0.4, 0.5) is 0 Å². The Kier molecular flexibility index (Phi) is 17.9. The number of carboxylic acids is 1. The van der Waals surface area contributed by atoms with Crippen molar-refractivity contribution < 1.29 is 39.0 Å². The fourth-order valence-electron chi connectivity index (χ4n) is 6.93. The van der Waals surface area contributed by atoms with Crippen LogP contribution in [0.15, 0.2) is 67.1 Å². The van der Waals surface area contributed by atoms with Crippen LogP contribution in [0.5, 0.6) is 5.75 Å². The first-order valence-electron chi connectivity index (χ1n) is 20.3. The number of likely N-dealkylation sites (tertiary alicyclic amines) is 1. The molecule has 0 radical (unpaired) electrons. The summed E-state index contributed by atoms with van der Waals surface area (Å²) in [7, 11) is 0. The first-order valence-corrected chi connectivity index (χ1v) is 20.3. The van der Waals surface area contributed by atoms with Crippen LogP contribution in [0.3, 0.4) is 0 Å². The number of aliphatic carboxylic acids is 1. The van der Waals surface area contributed by atoms with E-state index in [1.807, 2.05) is 19.9 Å². The van der Waals surface area contributed by atoms with Gasteiger partial charge in [-0.3, -0.25) is 29.3 Å². The van der Waals surface area contributed by atoms with E-state index in [1.54, 1.807) is 43.3 Å². The molecule has 1 aliphatic heterocycles. The second-order valence-corrected chi connectivity index (χ2v) is 15.1. The van der Waals surface area contributed by atoms with Gasteiger partial charge < -0.3 is 47.1 Å². The number of phenols is 1. The fourth-order valence-corrected chi connectivity index (χ4v) is 6.93. The minimum absolute atomic E-state index is 0.00648. The molecule has 0 spiro atoms. The summed E-state index contributed by atoms with van der Waals surface area (Å²) < 4.78 is 0. The van der Waals surface area contributed by atoms with Gasteiger partial charge in [-0.25, -0.2) is 9.78 Å². The summed E-state index contributed by atoms with van der Waals surface area (Å²) in [4.78, 5) is 89.4. The lowest BCUT2D eigenvalue weighted by Gasteiger charge is -2.31. The van der Waals surface area contributed by atoms with Crippen molar-refractivity contribution in [3.8, 4) is 5.75 Å². The lowest BCUT2D eigenvalue weighted by atomic mass is 9.96. The number of aromatic nitrogens is 2. The molecule has 0 unspecified atom stereocenters. The van der Waals surface area contributed by atoms with Gasteiger partial charge in [0.15, 0.2) is 0 Å². The number of aromatic hydroxyl groups is 1. The minimum atomic E-state index is -1.23. The topological polar surface area (TPSA) is 261 Å². The molecule has 1 fully saturated rings. The highest BCUT2D eigenvalue weighted by Crippen LogP contribution is 2.21. The number of hydrogen-bond acceptors (Lipinski definition) is 10. The number of H-pyrrole nitrogens is 1. The van der Waals surface area contributed by atoms with E-state index < -0.39 is 71.8 Å². The summed E-state index contributed by atoms with van der Waals surface area (Å²) in [5, 5.41) is 33.9. The van der Waals surface area contributed by atoms with Crippen LogP contribution in [-0.2, 0) is 48.0 Å². The molecule has 0 saturated carbocycles. The van der Waals surface area contributed by atoms with E-state index >= 15 is 0 Å². The molecule has 1 aliphatic rings. The number of nitrogens with zero attached hydrogens (tertiary/aromatic N) is 2. The average Bonchev–Trinajstić information content (AvgIpc) is 3.94. The maximum absolute atomic E-state index is 14.4. The molecule has 7 atom stereocenters. The number of aromatic amines is 1. The van der Waals surface area contributed by atoms with Crippen LogP contribution in [-0.4, -0.2) is 110 Å². The Balaban J connectivity index is 1.51. The van der Waals surface area contributed by atoms with Crippen LogP contribution in [0, 0.1) is 5.92 Å². The van der Waals surface area contributed by atoms with Crippen LogP contribution in [0.2, 0.25) is 0 Å². The molecule has 4 rings (SSSR count). The van der Waals surface area contributed by atoms with Crippen molar-refractivity contribution in [2.75, 3.05) is 13.2 Å². The van der Waals surface area contributed by atoms with Crippen molar-refractivity contribution in [2.45, 2.75) is 115 Å². The molecule has 2 aromatic carbocycles. The summed E-state index contributed by atoms with van der Waals surface area (Å²) >= 11 is 0. The third-order valence-electron chi connectivity index (χ3n) is 10.6. The highest BCUT2D eigenvalue weighted by molar-refractivity contribution is 5.96. The Morgan fingerprint density at radius 1 is 0.881 bits per heavy atom. The molecule has 320 valence electrons. The Morgan fingerprint density at radius 3 is 2.22 bits per heavy atom. The summed E-state index contributed by atoms with van der Waals surface area (Å²) in [6.45, 7) is 5.79. The molecule has 5 amide bonds. The monoisotopic (exact) mass is 817 g/mol. The van der Waals surface area contributed by atoms with Gasteiger partial charge in [0.05, 0.1) is 25.1 Å². The molecule has 3 aromatic rings. The van der Waals surface area contributed by atoms with E-state index in [0.29, 0.717) is 36.9 Å². The summed E-state index contributed by atoms with van der Waals surface area (Å²) in [6.07, 6.45) is 6.61. The van der Waals surface area contributed by atoms with Crippen LogP contribution in [0.1, 0.15) is 76.1 Å². The number of carbonyl (C=O) groups is 6. The molecular weight excluding hydrogens is 759 g/mol. The first kappa shape index (κ1) is 45.9. The van der Waals surface area contributed by atoms with Gasteiger partial charge in [-0.15, -0.1) is 0 Å². The van der Waals surface area contributed by atoms with Gasteiger partial charge >= 0.3 is 5.97 Å². The number of phenolic OH excluding ortho intramolecular Hbond substituents is 1. The average molecular weight is 818 g/mol. The van der Waals surface area contributed by atoms with Gasteiger partial charge in [0.2, 0.25) is 29.5 Å². The van der Waals surface area contributed by atoms with Gasteiger partial charge in [-0.05, 0) is 54.9 Å². The maximum atomic E-state index is 14.4. The van der Waals surface area contributed by atoms with E-state index in [4.69, 9.17) is 5.73 Å². The predicted molar refractivity (Wildman–Crippen MR) is 219 cm³/mol. The van der Waals surface area contributed by atoms with E-state index in [2.05, 4.69) is 36.6 Å². The normalized spacial score (nSPS) is 16.8. The van der Waals surface area contributed by atoms with Gasteiger partial charge in [-0.1, -0.05) is 82.5 Å². The zero-order valence-electron chi connectivity index (χ0n) is 34.0. The minimum Gasteiger partial charge on any atom is -0.508 e. The molecule has 10 N–H and O–H groups in total. The Morgan fingerprint density at radius 2 is 1.58 bits per heavy atom. The zero-order chi connectivity index (χ0) is 42.9. The summed E-state index contributed by atoms with van der Waals surface area (Å²) in [5.41, 5.74) is 7.99. The number of imidazole rings is 1. The largest absolute Gasteiger partial charge is 0.508 e. The molecule has 59 heavy (non-hydrogen) atoms. The van der Waals surface area contributed by atoms with Crippen molar-refractivity contribution in [2.24, 2.45) is 11.7 Å². The van der Waals surface area contributed by atoms with Crippen molar-refractivity contribution in [1.82, 2.24) is 41.5 Å². The third kappa shape index (κ3) is 13.9. The van der Waals surface area contributed by atoms with Crippen molar-refractivity contribution in [1.29, 1.82) is 0 Å². The Labute approximate surface area is 344 Å². The Bertz CT molecular complexity index is 1830. The van der Waals surface area contributed by atoms with Gasteiger partial charge in [-0.2, -0.15) is 0 Å². The molecule has 1 aromatic heterocycles. The van der Waals surface area contributed by atoms with Crippen molar-refractivity contribution in [3.05, 3.63) is 83.9 Å². The van der Waals surface area contributed by atoms with E-state index in [9.17, 15) is 39.0 Å². The smallest absolute Gasteiger partial charge is 0.326 e. The lowest BCUT2D eigenvalue weighted by molar-refractivity contribution is -0.145. The quantitative estimate of drug-likeness (QED) is 0.0616. The SMILES string of the molecule is CCCC[C@H](N)C(=O)NCN[C@@H](Cc1ccc(O)cc1)C(=O)N[C@H](C(=O)N[C@@H](Cc1cnc[nH]1)C(=O)N1CCC[C@H]1C(=O)N[C@@H](Cc1ccccc1)C(=O)O)[C@@H](C)CC. The maximum Gasteiger partial charge on any atom is 0.326 e. The standard InChI is InChI=1S/C42H59N9O8/c1-4-6-13-31(43)37(53)47-25-46-32(20-28-15-17-30(52)18-16-28)38(54)50-36(26(3)5-2)40(56)48-33(22-29-23-44-24-45-29)41(57)51-19-10-14-35(51)39(55)49-34(42(58)59)21-27-11-8-7-9-12-27/h7-9,11-12,15-18,23-24,26,31-36,46,52H,4-6,10,13-14,19-22,25,43H2,1-3H3,(H,44,45)(H,47,53)(H,48,56)(H,49,55)(H,50,54)(H,58,59)/t26-,31-,32-,33-,34-,35-,36-/m0/s1. The fraction of sp³-hybridized carbons (Fsp3) is 0.500. The highest BCUT2D eigenvalue weighted by atomic mass is 16.4.